The second-order valence-corrected chi connectivity index (χ2v) is 8.02. The van der Waals surface area contributed by atoms with Gasteiger partial charge in [-0.25, -0.2) is 4.98 Å². The van der Waals surface area contributed by atoms with Crippen LogP contribution in [-0.2, 0) is 13.1 Å². The molecule has 0 radical (unpaired) electrons. The average Bonchev–Trinajstić information content (AvgIpc) is 2.78. The highest BCUT2D eigenvalue weighted by atomic mass is 16.1. The summed E-state index contributed by atoms with van der Waals surface area (Å²) in [5, 5.41) is 0. The van der Waals surface area contributed by atoms with Crippen molar-refractivity contribution in [3.63, 3.8) is 0 Å². The number of anilines is 2. The topological polar surface area (TPSA) is 41.4 Å². The summed E-state index contributed by atoms with van der Waals surface area (Å²) in [5.74, 6) is 0.743. The predicted octanol–water partition coefficient (Wildman–Crippen LogP) is 4.70. The predicted molar refractivity (Wildman–Crippen MR) is 122 cm³/mol. The molecule has 2 aromatic carbocycles. The standard InChI is InChI=1S/C25H30N4O/c1-3-4-11-16-27-18-28(22-14-9-6-10-15-22)25-26-20(2)23(24(30)29(25)19-27)17-21-12-7-5-8-13-21/h5-10,12-15H,3-4,11,16-19H2,1-2H3. The van der Waals surface area contributed by atoms with Crippen molar-refractivity contribution in [2.24, 2.45) is 0 Å². The van der Waals surface area contributed by atoms with E-state index in [0.29, 0.717) is 13.1 Å². The zero-order valence-electron chi connectivity index (χ0n) is 17.9. The van der Waals surface area contributed by atoms with Gasteiger partial charge in [0.15, 0.2) is 0 Å². The minimum atomic E-state index is 0.0717. The molecule has 5 nitrogen and oxygen atoms in total. The molecule has 30 heavy (non-hydrogen) atoms. The first kappa shape index (κ1) is 20.4. The van der Waals surface area contributed by atoms with E-state index in [1.54, 1.807) is 0 Å². The average molecular weight is 403 g/mol. The molecular weight excluding hydrogens is 372 g/mol. The van der Waals surface area contributed by atoms with Crippen LogP contribution in [0.2, 0.25) is 0 Å². The van der Waals surface area contributed by atoms with Crippen molar-refractivity contribution >= 4 is 11.6 Å². The Bertz CT molecular complexity index is 1030. The molecule has 0 unspecified atom stereocenters. The van der Waals surface area contributed by atoms with Crippen molar-refractivity contribution in [3.05, 3.63) is 87.8 Å². The highest BCUT2D eigenvalue weighted by molar-refractivity contribution is 5.58. The third-order valence-corrected chi connectivity index (χ3v) is 5.74. The van der Waals surface area contributed by atoms with Crippen LogP contribution in [0.25, 0.3) is 0 Å². The molecule has 0 spiro atoms. The highest BCUT2D eigenvalue weighted by Gasteiger charge is 2.27. The minimum Gasteiger partial charge on any atom is -0.298 e. The number of fused-ring (bicyclic) bond motifs is 1. The molecule has 1 aliphatic rings. The van der Waals surface area contributed by atoms with Crippen LogP contribution in [0.1, 0.15) is 43.0 Å². The smallest absolute Gasteiger partial charge is 0.259 e. The maximum Gasteiger partial charge on any atom is 0.259 e. The molecule has 2 heterocycles. The number of hydrogen-bond acceptors (Lipinski definition) is 4. The molecule has 0 bridgehead atoms. The third kappa shape index (κ3) is 4.31. The first-order chi connectivity index (χ1) is 14.7. The SMILES string of the molecule is CCCCCN1CN(c2ccccc2)c2nc(C)c(Cc3ccccc3)c(=O)n2C1. The van der Waals surface area contributed by atoms with Crippen LogP contribution in [0.15, 0.2) is 65.5 Å². The number of rotatable bonds is 7. The molecule has 3 aromatic rings. The Labute approximate surface area is 178 Å². The van der Waals surface area contributed by atoms with Crippen molar-refractivity contribution < 1.29 is 0 Å². The first-order valence-electron chi connectivity index (χ1n) is 10.9. The number of hydrogen-bond donors (Lipinski definition) is 0. The number of para-hydroxylation sites is 1. The van der Waals surface area contributed by atoms with E-state index in [1.165, 1.54) is 12.8 Å². The van der Waals surface area contributed by atoms with Gasteiger partial charge in [-0.3, -0.25) is 19.2 Å². The summed E-state index contributed by atoms with van der Waals surface area (Å²) in [6.07, 6.45) is 4.14. The van der Waals surface area contributed by atoms with E-state index in [1.807, 2.05) is 47.9 Å². The maximum absolute atomic E-state index is 13.6. The van der Waals surface area contributed by atoms with Gasteiger partial charge in [-0.05, 0) is 31.0 Å². The van der Waals surface area contributed by atoms with Crippen LogP contribution >= 0.6 is 0 Å². The minimum absolute atomic E-state index is 0.0717. The molecule has 0 aliphatic carbocycles. The number of benzene rings is 2. The van der Waals surface area contributed by atoms with E-state index in [9.17, 15) is 4.79 Å². The molecule has 0 amide bonds. The molecule has 1 aliphatic heterocycles. The van der Waals surface area contributed by atoms with Gasteiger partial charge in [0, 0.05) is 24.2 Å². The largest absolute Gasteiger partial charge is 0.298 e. The molecular formula is C25H30N4O. The lowest BCUT2D eigenvalue weighted by molar-refractivity contribution is 0.194. The molecule has 0 N–H and O–H groups in total. The Hall–Kier alpha value is -2.92. The van der Waals surface area contributed by atoms with Crippen LogP contribution in [0.3, 0.4) is 0 Å². The van der Waals surface area contributed by atoms with Crippen molar-refractivity contribution in [1.82, 2.24) is 14.5 Å². The van der Waals surface area contributed by atoms with Gasteiger partial charge in [-0.2, -0.15) is 0 Å². The van der Waals surface area contributed by atoms with Crippen LogP contribution in [0.4, 0.5) is 11.6 Å². The molecule has 4 rings (SSSR count). The summed E-state index contributed by atoms with van der Waals surface area (Å²) in [6.45, 7) is 6.49. The summed E-state index contributed by atoms with van der Waals surface area (Å²) in [6, 6.07) is 20.4. The molecule has 156 valence electrons. The Kier molecular flexibility index (Phi) is 6.29. The van der Waals surface area contributed by atoms with Crippen molar-refractivity contribution in [1.29, 1.82) is 0 Å². The van der Waals surface area contributed by atoms with Gasteiger partial charge >= 0.3 is 0 Å². The summed E-state index contributed by atoms with van der Waals surface area (Å²) >= 11 is 0. The van der Waals surface area contributed by atoms with Crippen molar-refractivity contribution in [2.75, 3.05) is 18.1 Å². The number of aromatic nitrogens is 2. The zero-order valence-corrected chi connectivity index (χ0v) is 17.9. The van der Waals surface area contributed by atoms with Crippen LogP contribution in [-0.4, -0.2) is 27.7 Å². The lowest BCUT2D eigenvalue weighted by Gasteiger charge is -2.38. The van der Waals surface area contributed by atoms with E-state index >= 15 is 0 Å². The van der Waals surface area contributed by atoms with Crippen LogP contribution in [0, 0.1) is 6.92 Å². The molecule has 0 saturated heterocycles. The highest BCUT2D eigenvalue weighted by Crippen LogP contribution is 2.28. The molecule has 0 atom stereocenters. The fourth-order valence-corrected chi connectivity index (χ4v) is 4.06. The quantitative estimate of drug-likeness (QED) is 0.537. The van der Waals surface area contributed by atoms with Gasteiger partial charge in [-0.15, -0.1) is 0 Å². The summed E-state index contributed by atoms with van der Waals surface area (Å²) in [5.41, 5.74) is 3.87. The molecule has 1 aromatic heterocycles. The summed E-state index contributed by atoms with van der Waals surface area (Å²) in [7, 11) is 0. The lowest BCUT2D eigenvalue weighted by Crippen LogP contribution is -2.48. The van der Waals surface area contributed by atoms with Crippen molar-refractivity contribution in [3.8, 4) is 0 Å². The van der Waals surface area contributed by atoms with Gasteiger partial charge in [0.25, 0.3) is 5.56 Å². The maximum atomic E-state index is 13.6. The second kappa shape index (κ2) is 9.26. The summed E-state index contributed by atoms with van der Waals surface area (Å²) in [4.78, 5) is 23.0. The number of aryl methyl sites for hydroxylation is 1. The van der Waals surface area contributed by atoms with Gasteiger partial charge in [-0.1, -0.05) is 68.3 Å². The van der Waals surface area contributed by atoms with E-state index < -0.39 is 0 Å². The van der Waals surface area contributed by atoms with E-state index in [-0.39, 0.29) is 5.56 Å². The Morgan fingerprint density at radius 3 is 2.33 bits per heavy atom. The second-order valence-electron chi connectivity index (χ2n) is 8.02. The van der Waals surface area contributed by atoms with E-state index in [2.05, 4.69) is 41.0 Å². The van der Waals surface area contributed by atoms with Crippen molar-refractivity contribution in [2.45, 2.75) is 46.2 Å². The molecule has 0 saturated carbocycles. The molecule has 5 heteroatoms. The van der Waals surface area contributed by atoms with Gasteiger partial charge in [0.1, 0.15) is 0 Å². The van der Waals surface area contributed by atoms with Crippen LogP contribution in [0.5, 0.6) is 0 Å². The summed E-state index contributed by atoms with van der Waals surface area (Å²) < 4.78 is 1.85. The van der Waals surface area contributed by atoms with Crippen LogP contribution < -0.4 is 10.5 Å². The fourth-order valence-electron chi connectivity index (χ4n) is 4.06. The normalized spacial score (nSPS) is 14.0. The van der Waals surface area contributed by atoms with Gasteiger partial charge in [0.05, 0.1) is 19.0 Å². The van der Waals surface area contributed by atoms with Gasteiger partial charge in [0.2, 0.25) is 5.95 Å². The zero-order chi connectivity index (χ0) is 20.9. The first-order valence-corrected chi connectivity index (χ1v) is 10.9. The Balaban J connectivity index is 1.74. The third-order valence-electron chi connectivity index (χ3n) is 5.74. The number of nitrogens with zero attached hydrogens (tertiary/aromatic N) is 4. The van der Waals surface area contributed by atoms with E-state index in [4.69, 9.17) is 4.98 Å². The lowest BCUT2D eigenvalue weighted by atomic mass is 10.1. The van der Waals surface area contributed by atoms with E-state index in [0.717, 1.165) is 48.1 Å². The Morgan fingerprint density at radius 1 is 0.933 bits per heavy atom. The molecule has 0 fully saturated rings. The Morgan fingerprint density at radius 2 is 1.63 bits per heavy atom. The van der Waals surface area contributed by atoms with Gasteiger partial charge < -0.3 is 0 Å². The monoisotopic (exact) mass is 402 g/mol. The fraction of sp³-hybridized carbons (Fsp3) is 0.360. The number of unbranched alkanes of at least 4 members (excludes halogenated alkanes) is 2.